The maximum absolute atomic E-state index is 14.1. The van der Waals surface area contributed by atoms with Gasteiger partial charge in [0.1, 0.15) is 11.4 Å². The van der Waals surface area contributed by atoms with E-state index in [0.717, 1.165) is 29.4 Å². The standard InChI is InChI=1S/C21H19ClFNO2/c1-13-8-20-17(10-18(13)22)15(9-21(25)26-20)12-24(16-6-7-16)11-14-4-2-3-5-19(14)23/h2-5,8-10,16H,6-7,11-12H2,1H3. The minimum absolute atomic E-state index is 0.200. The van der Waals surface area contributed by atoms with Gasteiger partial charge in [-0.2, -0.15) is 0 Å². The van der Waals surface area contributed by atoms with Crippen LogP contribution in [0.3, 0.4) is 0 Å². The molecule has 0 radical (unpaired) electrons. The highest BCUT2D eigenvalue weighted by Crippen LogP contribution is 2.32. The van der Waals surface area contributed by atoms with E-state index in [1.807, 2.05) is 25.1 Å². The molecule has 0 spiro atoms. The Morgan fingerprint density at radius 2 is 1.88 bits per heavy atom. The molecule has 0 aliphatic heterocycles. The monoisotopic (exact) mass is 371 g/mol. The molecule has 1 aliphatic carbocycles. The molecule has 0 bridgehead atoms. The molecule has 1 aromatic heterocycles. The van der Waals surface area contributed by atoms with Crippen molar-refractivity contribution >= 4 is 22.6 Å². The fourth-order valence-electron chi connectivity index (χ4n) is 3.30. The van der Waals surface area contributed by atoms with Crippen LogP contribution in [0.1, 0.15) is 29.5 Å². The summed E-state index contributed by atoms with van der Waals surface area (Å²) in [6, 6.07) is 12.4. The van der Waals surface area contributed by atoms with E-state index in [0.29, 0.717) is 35.3 Å². The number of aryl methyl sites for hydroxylation is 1. The van der Waals surface area contributed by atoms with Crippen molar-refractivity contribution in [2.45, 2.75) is 38.9 Å². The molecular formula is C21H19ClFNO2. The van der Waals surface area contributed by atoms with Gasteiger partial charge in [0.25, 0.3) is 0 Å². The highest BCUT2D eigenvalue weighted by atomic mass is 35.5. The minimum Gasteiger partial charge on any atom is -0.423 e. The molecule has 0 atom stereocenters. The fourth-order valence-corrected chi connectivity index (χ4v) is 3.46. The minimum atomic E-state index is -0.379. The molecule has 1 fully saturated rings. The molecule has 2 aromatic carbocycles. The van der Waals surface area contributed by atoms with Gasteiger partial charge in [-0.15, -0.1) is 0 Å². The zero-order chi connectivity index (χ0) is 18.3. The van der Waals surface area contributed by atoms with Gasteiger partial charge in [-0.3, -0.25) is 4.90 Å². The lowest BCUT2D eigenvalue weighted by Gasteiger charge is -2.23. The Balaban J connectivity index is 1.71. The van der Waals surface area contributed by atoms with Gasteiger partial charge in [-0.25, -0.2) is 9.18 Å². The van der Waals surface area contributed by atoms with Crippen LogP contribution in [0.5, 0.6) is 0 Å². The Bertz CT molecular complexity index is 1030. The van der Waals surface area contributed by atoms with Gasteiger partial charge in [0, 0.05) is 41.2 Å². The van der Waals surface area contributed by atoms with Crippen LogP contribution >= 0.6 is 11.6 Å². The molecule has 3 aromatic rings. The van der Waals surface area contributed by atoms with Gasteiger partial charge in [0.05, 0.1) is 0 Å². The normalized spacial score (nSPS) is 14.3. The van der Waals surface area contributed by atoms with Crippen LogP contribution in [-0.2, 0) is 13.1 Å². The molecule has 3 nitrogen and oxygen atoms in total. The molecule has 5 heteroatoms. The van der Waals surface area contributed by atoms with Gasteiger partial charge in [0.15, 0.2) is 0 Å². The second-order valence-corrected chi connectivity index (χ2v) is 7.32. The lowest BCUT2D eigenvalue weighted by atomic mass is 10.1. The Kier molecular flexibility index (Phi) is 4.55. The Hall–Kier alpha value is -2.17. The number of rotatable bonds is 5. The summed E-state index contributed by atoms with van der Waals surface area (Å²) in [5.74, 6) is -0.200. The predicted molar refractivity (Wildman–Crippen MR) is 101 cm³/mol. The number of benzene rings is 2. The second-order valence-electron chi connectivity index (χ2n) is 6.92. The van der Waals surface area contributed by atoms with E-state index in [1.54, 1.807) is 12.1 Å². The van der Waals surface area contributed by atoms with Crippen LogP contribution in [-0.4, -0.2) is 10.9 Å². The quantitative estimate of drug-likeness (QED) is 0.588. The first-order valence-corrected chi connectivity index (χ1v) is 9.09. The first-order valence-electron chi connectivity index (χ1n) is 8.71. The number of fused-ring (bicyclic) bond motifs is 1. The van der Waals surface area contributed by atoms with Crippen LogP contribution in [0.25, 0.3) is 11.0 Å². The molecule has 1 saturated carbocycles. The number of hydrogen-bond donors (Lipinski definition) is 0. The summed E-state index contributed by atoms with van der Waals surface area (Å²) in [5.41, 5.74) is 2.55. The summed E-state index contributed by atoms with van der Waals surface area (Å²) in [4.78, 5) is 14.2. The maximum atomic E-state index is 14.1. The summed E-state index contributed by atoms with van der Waals surface area (Å²) in [5, 5.41) is 1.47. The van der Waals surface area contributed by atoms with Gasteiger partial charge in [-0.05, 0) is 49.1 Å². The molecule has 0 N–H and O–H groups in total. The van der Waals surface area contributed by atoms with Gasteiger partial charge in [0.2, 0.25) is 0 Å². The van der Waals surface area contributed by atoms with E-state index < -0.39 is 0 Å². The lowest BCUT2D eigenvalue weighted by molar-refractivity contribution is 0.242. The zero-order valence-corrected chi connectivity index (χ0v) is 15.2. The number of hydrogen-bond acceptors (Lipinski definition) is 3. The predicted octanol–water partition coefficient (Wildman–Crippen LogP) is 5.06. The van der Waals surface area contributed by atoms with Crippen molar-refractivity contribution in [2.75, 3.05) is 0 Å². The first kappa shape index (κ1) is 17.3. The van der Waals surface area contributed by atoms with Crippen molar-refractivity contribution in [3.05, 3.63) is 80.4 Å². The lowest BCUT2D eigenvalue weighted by Crippen LogP contribution is -2.26. The molecule has 0 unspecified atom stereocenters. The second kappa shape index (κ2) is 6.86. The molecule has 134 valence electrons. The topological polar surface area (TPSA) is 33.5 Å². The largest absolute Gasteiger partial charge is 0.423 e. The highest BCUT2D eigenvalue weighted by Gasteiger charge is 2.30. The Morgan fingerprint density at radius 3 is 2.62 bits per heavy atom. The molecule has 26 heavy (non-hydrogen) atoms. The van der Waals surface area contributed by atoms with Crippen LogP contribution < -0.4 is 5.63 Å². The van der Waals surface area contributed by atoms with Crippen molar-refractivity contribution in [3.63, 3.8) is 0 Å². The van der Waals surface area contributed by atoms with E-state index >= 15 is 0 Å². The van der Waals surface area contributed by atoms with Crippen molar-refractivity contribution in [2.24, 2.45) is 0 Å². The summed E-state index contributed by atoms with van der Waals surface area (Å²) >= 11 is 6.28. The van der Waals surface area contributed by atoms with Crippen molar-refractivity contribution < 1.29 is 8.81 Å². The van der Waals surface area contributed by atoms with Gasteiger partial charge < -0.3 is 4.42 Å². The Morgan fingerprint density at radius 1 is 1.15 bits per heavy atom. The SMILES string of the molecule is Cc1cc2oc(=O)cc(CN(Cc3ccccc3F)C3CC3)c2cc1Cl. The smallest absolute Gasteiger partial charge is 0.336 e. The van der Waals surface area contributed by atoms with E-state index in [-0.39, 0.29) is 11.4 Å². The zero-order valence-electron chi connectivity index (χ0n) is 14.5. The van der Waals surface area contributed by atoms with E-state index in [4.69, 9.17) is 16.0 Å². The first-order chi connectivity index (χ1) is 12.5. The summed E-state index contributed by atoms with van der Waals surface area (Å²) in [7, 11) is 0. The third-order valence-electron chi connectivity index (χ3n) is 4.88. The fraction of sp³-hybridized carbons (Fsp3) is 0.286. The number of halogens is 2. The summed E-state index contributed by atoms with van der Waals surface area (Å²) in [6.07, 6.45) is 2.18. The maximum Gasteiger partial charge on any atom is 0.336 e. The molecular weight excluding hydrogens is 353 g/mol. The van der Waals surface area contributed by atoms with E-state index in [1.165, 1.54) is 12.1 Å². The molecule has 4 rings (SSSR count). The van der Waals surface area contributed by atoms with E-state index in [9.17, 15) is 9.18 Å². The van der Waals surface area contributed by atoms with Crippen molar-refractivity contribution in [3.8, 4) is 0 Å². The van der Waals surface area contributed by atoms with Gasteiger partial charge in [-0.1, -0.05) is 29.8 Å². The average Bonchev–Trinajstić information content (AvgIpc) is 3.43. The molecule has 1 aliphatic rings. The Labute approximate surface area is 156 Å². The van der Waals surface area contributed by atoms with Gasteiger partial charge >= 0.3 is 5.63 Å². The van der Waals surface area contributed by atoms with Crippen LogP contribution in [0.2, 0.25) is 5.02 Å². The summed E-state index contributed by atoms with van der Waals surface area (Å²) in [6.45, 7) is 2.95. The van der Waals surface area contributed by atoms with Crippen molar-refractivity contribution in [1.82, 2.24) is 4.90 Å². The molecule has 0 saturated heterocycles. The molecule has 0 amide bonds. The number of nitrogens with zero attached hydrogens (tertiary/aromatic N) is 1. The highest BCUT2D eigenvalue weighted by molar-refractivity contribution is 6.32. The third kappa shape index (κ3) is 3.53. The van der Waals surface area contributed by atoms with Crippen LogP contribution in [0, 0.1) is 12.7 Å². The third-order valence-corrected chi connectivity index (χ3v) is 5.28. The van der Waals surface area contributed by atoms with Crippen LogP contribution in [0.15, 0.2) is 51.7 Å². The molecule has 1 heterocycles. The van der Waals surface area contributed by atoms with Crippen molar-refractivity contribution in [1.29, 1.82) is 0 Å². The average molecular weight is 372 g/mol. The summed E-state index contributed by atoms with van der Waals surface area (Å²) < 4.78 is 19.4. The van der Waals surface area contributed by atoms with E-state index in [2.05, 4.69) is 4.90 Å². The van der Waals surface area contributed by atoms with Crippen LogP contribution in [0.4, 0.5) is 4.39 Å².